The van der Waals surface area contributed by atoms with Gasteiger partial charge in [0.05, 0.1) is 11.3 Å². The molecule has 0 aliphatic rings. The zero-order chi connectivity index (χ0) is 10.0. The summed E-state index contributed by atoms with van der Waals surface area (Å²) in [7, 11) is 0. The molecule has 1 N–H and O–H groups in total. The van der Waals surface area contributed by atoms with Crippen LogP contribution in [0.3, 0.4) is 0 Å². The van der Waals surface area contributed by atoms with Crippen molar-refractivity contribution in [3.05, 3.63) is 23.3 Å². The normalized spacial score (nSPS) is 10.8. The number of alkyl halides is 3. The second kappa shape index (κ2) is 3.95. The van der Waals surface area contributed by atoms with Crippen molar-refractivity contribution in [3.8, 4) is 5.75 Å². The van der Waals surface area contributed by atoms with Crippen molar-refractivity contribution < 1.29 is 18.3 Å². The molecular weight excluding hydrogens is 251 g/mol. The first kappa shape index (κ1) is 10.3. The Morgan fingerprint density at radius 2 is 2.15 bits per heavy atom. The molecule has 1 rings (SSSR count). The molecule has 1 aromatic rings. The molecule has 0 aliphatic carbocycles. The van der Waals surface area contributed by atoms with Crippen molar-refractivity contribution in [1.29, 1.82) is 0 Å². The van der Waals surface area contributed by atoms with E-state index in [4.69, 9.17) is 5.11 Å². The molecule has 0 aliphatic heterocycles. The quantitative estimate of drug-likeness (QED) is 0.651. The van der Waals surface area contributed by atoms with Crippen LogP contribution in [0.1, 0.15) is 17.7 Å². The molecule has 0 saturated heterocycles. The average molecular weight is 256 g/mol. The number of rotatable bonds is 2. The molecule has 0 atom stereocenters. The van der Waals surface area contributed by atoms with E-state index < -0.39 is 23.7 Å². The molecule has 0 unspecified atom stereocenters. The third-order valence-electron chi connectivity index (χ3n) is 1.42. The van der Waals surface area contributed by atoms with Crippen LogP contribution in [0.2, 0.25) is 0 Å². The van der Waals surface area contributed by atoms with Crippen molar-refractivity contribution in [2.45, 2.75) is 11.8 Å². The Bertz CT molecular complexity index is 319. The fourth-order valence-electron chi connectivity index (χ4n) is 0.782. The third-order valence-corrected chi connectivity index (χ3v) is 1.95. The van der Waals surface area contributed by atoms with Gasteiger partial charge in [-0.15, -0.1) is 0 Å². The van der Waals surface area contributed by atoms with Gasteiger partial charge in [-0.25, -0.2) is 13.8 Å². The summed E-state index contributed by atoms with van der Waals surface area (Å²) in [5, 5.41) is 9.18. The third kappa shape index (κ3) is 2.12. The van der Waals surface area contributed by atoms with Crippen LogP contribution in [-0.4, -0.2) is 10.1 Å². The molecule has 1 aromatic heterocycles. The van der Waals surface area contributed by atoms with Crippen molar-refractivity contribution >= 4 is 15.9 Å². The number of aromatic nitrogens is 1. The fourth-order valence-corrected chi connectivity index (χ4v) is 1.19. The molecule has 0 radical (unpaired) electrons. The first-order chi connectivity index (χ1) is 6.06. The van der Waals surface area contributed by atoms with Crippen molar-refractivity contribution in [1.82, 2.24) is 4.98 Å². The minimum atomic E-state index is -2.97. The Balaban J connectivity index is 3.20. The second-order valence-corrected chi connectivity index (χ2v) is 2.83. The lowest BCUT2D eigenvalue weighted by atomic mass is 10.2. The van der Waals surface area contributed by atoms with Gasteiger partial charge in [0.25, 0.3) is 6.43 Å². The topological polar surface area (TPSA) is 33.1 Å². The molecule has 13 heavy (non-hydrogen) atoms. The van der Waals surface area contributed by atoms with Gasteiger partial charge in [0.2, 0.25) is 5.95 Å². The lowest BCUT2D eigenvalue weighted by molar-refractivity contribution is 0.144. The highest BCUT2D eigenvalue weighted by atomic mass is 79.9. The predicted molar refractivity (Wildman–Crippen MR) is 43.4 cm³/mol. The molecule has 0 amide bonds. The lowest BCUT2D eigenvalue weighted by Crippen LogP contribution is -1.98. The van der Waals surface area contributed by atoms with Crippen molar-refractivity contribution in [3.63, 3.8) is 0 Å². The number of hydrogen-bond donors (Lipinski definition) is 1. The smallest absolute Gasteiger partial charge is 0.268 e. The first-order valence-corrected chi connectivity index (χ1v) is 4.40. The predicted octanol–water partition coefficient (Wildman–Crippen LogP) is 2.76. The van der Waals surface area contributed by atoms with Crippen LogP contribution in [0.15, 0.2) is 6.07 Å². The van der Waals surface area contributed by atoms with Gasteiger partial charge in [-0.2, -0.15) is 4.39 Å². The first-order valence-electron chi connectivity index (χ1n) is 3.28. The second-order valence-electron chi connectivity index (χ2n) is 2.27. The number of aromatic hydroxyl groups is 1. The maximum Gasteiger partial charge on any atom is 0.268 e. The van der Waals surface area contributed by atoms with E-state index >= 15 is 0 Å². The van der Waals surface area contributed by atoms with Crippen LogP contribution in [0.4, 0.5) is 13.2 Å². The SMILES string of the molecule is Oc1cc(C(F)F)c(F)nc1CBr. The number of pyridine rings is 1. The van der Waals surface area contributed by atoms with Crippen molar-refractivity contribution in [2.24, 2.45) is 0 Å². The van der Waals surface area contributed by atoms with E-state index in [2.05, 4.69) is 20.9 Å². The minimum Gasteiger partial charge on any atom is -0.506 e. The maximum absolute atomic E-state index is 12.7. The largest absolute Gasteiger partial charge is 0.506 e. The summed E-state index contributed by atoms with van der Waals surface area (Å²) >= 11 is 2.93. The van der Waals surface area contributed by atoms with Gasteiger partial charge in [-0.3, -0.25) is 0 Å². The van der Waals surface area contributed by atoms with Crippen LogP contribution in [0, 0.1) is 5.95 Å². The van der Waals surface area contributed by atoms with Gasteiger partial charge >= 0.3 is 0 Å². The van der Waals surface area contributed by atoms with Crippen LogP contribution >= 0.6 is 15.9 Å². The van der Waals surface area contributed by atoms with Gasteiger partial charge in [0, 0.05) is 5.33 Å². The molecule has 0 spiro atoms. The zero-order valence-corrected chi connectivity index (χ0v) is 7.85. The molecule has 0 saturated carbocycles. The molecule has 0 fully saturated rings. The Morgan fingerprint density at radius 1 is 1.54 bits per heavy atom. The summed E-state index contributed by atoms with van der Waals surface area (Å²) in [4.78, 5) is 3.17. The highest BCUT2D eigenvalue weighted by molar-refractivity contribution is 9.08. The summed E-state index contributed by atoms with van der Waals surface area (Å²) in [5.41, 5.74) is -0.885. The minimum absolute atomic E-state index is 0.00176. The fraction of sp³-hybridized carbons (Fsp3) is 0.286. The Kier molecular flexibility index (Phi) is 3.13. The molecular formula is C7H5BrF3NO. The van der Waals surface area contributed by atoms with Gasteiger partial charge in [-0.05, 0) is 6.07 Å². The average Bonchev–Trinajstić information content (AvgIpc) is 2.07. The van der Waals surface area contributed by atoms with Gasteiger partial charge < -0.3 is 5.11 Å². The monoisotopic (exact) mass is 255 g/mol. The van der Waals surface area contributed by atoms with Crippen LogP contribution in [0.5, 0.6) is 5.75 Å². The van der Waals surface area contributed by atoms with E-state index in [1.807, 2.05) is 0 Å². The Labute approximate surface area is 80.5 Å². The molecule has 1 heterocycles. The van der Waals surface area contributed by atoms with E-state index in [9.17, 15) is 13.2 Å². The lowest BCUT2D eigenvalue weighted by Gasteiger charge is -2.04. The maximum atomic E-state index is 12.7. The van der Waals surface area contributed by atoms with Crippen LogP contribution in [0.25, 0.3) is 0 Å². The summed E-state index contributed by atoms with van der Waals surface area (Å²) < 4.78 is 36.8. The van der Waals surface area contributed by atoms with Gasteiger partial charge in [0.15, 0.2) is 0 Å². The summed E-state index contributed by atoms with van der Waals surface area (Å²) in [6.07, 6.45) is -2.97. The highest BCUT2D eigenvalue weighted by Crippen LogP contribution is 2.27. The van der Waals surface area contributed by atoms with E-state index in [0.717, 1.165) is 0 Å². The van der Waals surface area contributed by atoms with Gasteiger partial charge in [0.1, 0.15) is 5.75 Å². The van der Waals surface area contributed by atoms with Crippen molar-refractivity contribution in [2.75, 3.05) is 0 Å². The van der Waals surface area contributed by atoms with Gasteiger partial charge in [-0.1, -0.05) is 15.9 Å². The summed E-state index contributed by atoms with van der Waals surface area (Å²) in [6.45, 7) is 0. The zero-order valence-electron chi connectivity index (χ0n) is 6.27. The van der Waals surface area contributed by atoms with Crippen LogP contribution in [-0.2, 0) is 5.33 Å². The number of hydrogen-bond acceptors (Lipinski definition) is 2. The Hall–Kier alpha value is -0.780. The molecule has 0 bridgehead atoms. The molecule has 2 nitrogen and oxygen atoms in total. The number of nitrogens with zero attached hydrogens (tertiary/aromatic N) is 1. The summed E-state index contributed by atoms with van der Waals surface area (Å²) in [6, 6.07) is 0.684. The molecule has 0 aromatic carbocycles. The Morgan fingerprint density at radius 3 is 2.62 bits per heavy atom. The van der Waals surface area contributed by atoms with Crippen LogP contribution < -0.4 is 0 Å². The van der Waals surface area contributed by atoms with E-state index in [1.165, 1.54) is 0 Å². The van der Waals surface area contributed by atoms with E-state index in [1.54, 1.807) is 0 Å². The van der Waals surface area contributed by atoms with E-state index in [0.29, 0.717) is 6.07 Å². The summed E-state index contributed by atoms with van der Waals surface area (Å²) in [5.74, 6) is -1.68. The van der Waals surface area contributed by atoms with E-state index in [-0.39, 0.29) is 11.0 Å². The highest BCUT2D eigenvalue weighted by Gasteiger charge is 2.17. The molecule has 72 valence electrons. The number of halogens is 4. The molecule has 6 heteroatoms. The standard InChI is InChI=1S/C7H5BrF3NO/c8-2-4-5(13)1-3(6(9)10)7(11)12-4/h1,6,13H,2H2.